The maximum absolute atomic E-state index is 12.8. The van der Waals surface area contributed by atoms with Crippen molar-refractivity contribution in [3.8, 4) is 11.8 Å². The summed E-state index contributed by atoms with van der Waals surface area (Å²) >= 11 is 12.2. The van der Waals surface area contributed by atoms with Crippen LogP contribution in [0.5, 0.6) is 0 Å². The van der Waals surface area contributed by atoms with E-state index in [4.69, 9.17) is 23.2 Å². The van der Waals surface area contributed by atoms with Gasteiger partial charge >= 0.3 is 0 Å². The molecule has 8 nitrogen and oxygen atoms in total. The molecule has 4 aromatic heterocycles. The van der Waals surface area contributed by atoms with E-state index < -0.39 is 10.0 Å². The van der Waals surface area contributed by atoms with Crippen LogP contribution in [0.25, 0.3) is 11.0 Å². The number of H-pyrrole nitrogens is 1. The van der Waals surface area contributed by atoms with Crippen molar-refractivity contribution in [2.75, 3.05) is 4.72 Å². The molecule has 0 aliphatic carbocycles. The fraction of sp³-hybridized carbons (Fsp3) is 0.0526. The number of hydrogen-bond acceptors (Lipinski definition) is 6. The number of sulfonamides is 1. The number of nitrogens with one attached hydrogen (secondary N) is 2. The van der Waals surface area contributed by atoms with E-state index in [0.717, 1.165) is 5.39 Å². The molecule has 150 valence electrons. The van der Waals surface area contributed by atoms with Crippen LogP contribution in [-0.2, 0) is 10.0 Å². The van der Waals surface area contributed by atoms with Crippen LogP contribution >= 0.6 is 23.2 Å². The average molecular weight is 459 g/mol. The van der Waals surface area contributed by atoms with Gasteiger partial charge in [-0.2, -0.15) is 5.10 Å². The first-order valence-electron chi connectivity index (χ1n) is 8.44. The monoisotopic (exact) mass is 458 g/mol. The maximum atomic E-state index is 12.8. The minimum absolute atomic E-state index is 0.0498. The van der Waals surface area contributed by atoms with Gasteiger partial charge in [0.15, 0.2) is 11.5 Å². The fourth-order valence-corrected chi connectivity index (χ4v) is 4.33. The zero-order chi connectivity index (χ0) is 21.3. The Morgan fingerprint density at radius 2 is 1.90 bits per heavy atom. The van der Waals surface area contributed by atoms with Crippen molar-refractivity contribution < 1.29 is 8.42 Å². The molecule has 2 N–H and O–H groups in total. The summed E-state index contributed by atoms with van der Waals surface area (Å²) in [4.78, 5) is 12.1. The Kier molecular flexibility index (Phi) is 5.30. The highest BCUT2D eigenvalue weighted by Crippen LogP contribution is 2.27. The van der Waals surface area contributed by atoms with Crippen LogP contribution in [0, 0.1) is 18.8 Å². The van der Waals surface area contributed by atoms with Crippen molar-refractivity contribution in [1.29, 1.82) is 0 Å². The zero-order valence-corrected chi connectivity index (χ0v) is 17.6. The first-order chi connectivity index (χ1) is 14.3. The van der Waals surface area contributed by atoms with Crippen LogP contribution in [0.15, 0.2) is 47.9 Å². The summed E-state index contributed by atoms with van der Waals surface area (Å²) in [7, 11) is -4.00. The number of aromatic amines is 1. The third-order valence-corrected chi connectivity index (χ3v) is 6.09. The maximum Gasteiger partial charge on any atom is 0.264 e. The Morgan fingerprint density at radius 1 is 1.07 bits per heavy atom. The molecule has 0 aliphatic rings. The van der Waals surface area contributed by atoms with E-state index in [-0.39, 0.29) is 20.8 Å². The standard InChI is InChI=1S/C19H12Cl2N6O2S/c1-11-16(7-15(20)10-23-11)30(28,29)27-19-17(21)13(4-5-22-19)3-2-12-6-14-9-25-26-18(14)24-8-12/h4-10H,1H3,(H,22,27)(H,24,25,26). The van der Waals surface area contributed by atoms with Gasteiger partial charge in [-0.3, -0.25) is 14.8 Å². The van der Waals surface area contributed by atoms with Crippen molar-refractivity contribution in [2.45, 2.75) is 11.8 Å². The second-order valence-corrected chi connectivity index (χ2v) is 8.61. The van der Waals surface area contributed by atoms with Gasteiger partial charge in [-0.05, 0) is 25.1 Å². The molecule has 0 aromatic carbocycles. The predicted molar refractivity (Wildman–Crippen MR) is 114 cm³/mol. The van der Waals surface area contributed by atoms with Gasteiger partial charge in [0.1, 0.15) is 4.90 Å². The zero-order valence-electron chi connectivity index (χ0n) is 15.3. The summed E-state index contributed by atoms with van der Waals surface area (Å²) in [5.74, 6) is 5.81. The third-order valence-electron chi connectivity index (χ3n) is 4.05. The number of anilines is 1. The first kappa shape index (κ1) is 20.1. The highest BCUT2D eigenvalue weighted by molar-refractivity contribution is 7.92. The van der Waals surface area contributed by atoms with Gasteiger partial charge in [0.25, 0.3) is 10.0 Å². The molecule has 0 radical (unpaired) electrons. The molecule has 30 heavy (non-hydrogen) atoms. The average Bonchev–Trinajstić information content (AvgIpc) is 3.18. The summed E-state index contributed by atoms with van der Waals surface area (Å²) in [6.07, 6.45) is 6.02. The van der Waals surface area contributed by atoms with Crippen molar-refractivity contribution in [3.63, 3.8) is 0 Å². The summed E-state index contributed by atoms with van der Waals surface area (Å²) in [5, 5.41) is 7.76. The van der Waals surface area contributed by atoms with Crippen molar-refractivity contribution in [1.82, 2.24) is 25.1 Å². The van der Waals surface area contributed by atoms with E-state index >= 15 is 0 Å². The van der Waals surface area contributed by atoms with E-state index in [0.29, 0.717) is 22.5 Å². The van der Waals surface area contributed by atoms with Gasteiger partial charge in [-0.15, -0.1) is 0 Å². The Labute approximate surface area is 181 Å². The van der Waals surface area contributed by atoms with Crippen molar-refractivity contribution in [3.05, 3.63) is 69.9 Å². The molecule has 0 aliphatic heterocycles. The van der Waals surface area contributed by atoms with E-state index in [1.807, 2.05) is 6.07 Å². The summed E-state index contributed by atoms with van der Waals surface area (Å²) in [5.41, 5.74) is 2.00. The van der Waals surface area contributed by atoms with Gasteiger partial charge in [0.05, 0.1) is 21.9 Å². The molecule has 4 rings (SSSR count). The minimum Gasteiger partial charge on any atom is -0.262 e. The van der Waals surface area contributed by atoms with Crippen LogP contribution in [0.1, 0.15) is 16.8 Å². The molecule has 0 bridgehead atoms. The molecule has 0 saturated carbocycles. The Morgan fingerprint density at radius 3 is 2.73 bits per heavy atom. The number of nitrogens with zero attached hydrogens (tertiary/aromatic N) is 4. The molecule has 0 saturated heterocycles. The summed E-state index contributed by atoms with van der Waals surface area (Å²) in [6.45, 7) is 1.56. The number of fused-ring (bicyclic) bond motifs is 1. The molecule has 0 amide bonds. The number of pyridine rings is 3. The predicted octanol–water partition coefficient (Wildman–Crippen LogP) is 3.56. The van der Waals surface area contributed by atoms with E-state index in [2.05, 4.69) is 41.7 Å². The lowest BCUT2D eigenvalue weighted by Crippen LogP contribution is -2.16. The largest absolute Gasteiger partial charge is 0.264 e. The molecule has 11 heteroatoms. The lowest BCUT2D eigenvalue weighted by atomic mass is 10.2. The van der Waals surface area contributed by atoms with E-state index in [1.54, 1.807) is 25.4 Å². The summed E-state index contributed by atoms with van der Waals surface area (Å²) in [6, 6.07) is 4.72. The number of hydrogen-bond donors (Lipinski definition) is 2. The summed E-state index contributed by atoms with van der Waals surface area (Å²) < 4.78 is 27.9. The van der Waals surface area contributed by atoms with Crippen LogP contribution in [0.3, 0.4) is 0 Å². The first-order valence-corrected chi connectivity index (χ1v) is 10.7. The molecule has 4 heterocycles. The third kappa shape index (κ3) is 4.07. The SMILES string of the molecule is Cc1ncc(Cl)cc1S(=O)(=O)Nc1nccc(C#Cc2cnc3[nH]ncc3c2)c1Cl. The fourth-order valence-electron chi connectivity index (χ4n) is 2.60. The number of aromatic nitrogens is 5. The van der Waals surface area contributed by atoms with Gasteiger partial charge < -0.3 is 0 Å². The molecule has 0 fully saturated rings. The van der Waals surface area contributed by atoms with Crippen LogP contribution in [-0.4, -0.2) is 33.6 Å². The second kappa shape index (κ2) is 7.91. The van der Waals surface area contributed by atoms with Gasteiger partial charge in [0.2, 0.25) is 0 Å². The second-order valence-electron chi connectivity index (χ2n) is 6.15. The lowest BCUT2D eigenvalue weighted by Gasteiger charge is -2.11. The van der Waals surface area contributed by atoms with Gasteiger partial charge in [-0.1, -0.05) is 35.0 Å². The molecule has 4 aromatic rings. The molecule has 0 atom stereocenters. The highest BCUT2D eigenvalue weighted by atomic mass is 35.5. The van der Waals surface area contributed by atoms with Gasteiger partial charge in [-0.25, -0.2) is 18.4 Å². The minimum atomic E-state index is -4.00. The van der Waals surface area contributed by atoms with Gasteiger partial charge in [0, 0.05) is 35.1 Å². The molecule has 0 spiro atoms. The molecular weight excluding hydrogens is 447 g/mol. The molecule has 0 unspecified atom stereocenters. The number of halogens is 2. The van der Waals surface area contributed by atoms with E-state index in [9.17, 15) is 8.42 Å². The number of aryl methyl sites for hydroxylation is 1. The normalized spacial score (nSPS) is 11.2. The van der Waals surface area contributed by atoms with Crippen LogP contribution in [0.4, 0.5) is 5.82 Å². The lowest BCUT2D eigenvalue weighted by molar-refractivity contribution is 0.600. The number of rotatable bonds is 3. The van der Waals surface area contributed by atoms with Crippen molar-refractivity contribution in [2.24, 2.45) is 0 Å². The quantitative estimate of drug-likeness (QED) is 0.453. The van der Waals surface area contributed by atoms with E-state index in [1.165, 1.54) is 18.5 Å². The Balaban J connectivity index is 1.66. The highest BCUT2D eigenvalue weighted by Gasteiger charge is 2.21. The van der Waals surface area contributed by atoms with Crippen LogP contribution in [0.2, 0.25) is 10.0 Å². The van der Waals surface area contributed by atoms with Crippen LogP contribution < -0.4 is 4.72 Å². The molecular formula is C19H12Cl2N6O2S. The smallest absolute Gasteiger partial charge is 0.262 e. The Bertz CT molecular complexity index is 1440. The Hall–Kier alpha value is -3.19. The van der Waals surface area contributed by atoms with Crippen molar-refractivity contribution >= 4 is 50.1 Å². The topological polar surface area (TPSA) is 114 Å².